The Morgan fingerprint density at radius 3 is 2.82 bits per heavy atom. The number of aromatic nitrogens is 1. The third kappa shape index (κ3) is 2.83. The molecule has 0 unspecified atom stereocenters. The van der Waals surface area contributed by atoms with Crippen LogP contribution >= 0.6 is 15.9 Å². The number of hydrogen-bond donors (Lipinski definition) is 1. The monoisotopic (exact) mass is 287 g/mol. The minimum atomic E-state index is 0.407. The molecular formula is C13H10BrN3. The highest BCUT2D eigenvalue weighted by Crippen LogP contribution is 2.23. The Balaban J connectivity index is 2.28. The molecular weight excluding hydrogens is 278 g/mol. The minimum absolute atomic E-state index is 0.407. The number of halogens is 1. The second kappa shape index (κ2) is 4.98. The molecule has 0 spiro atoms. The molecule has 1 aromatic carbocycles. The highest BCUT2D eigenvalue weighted by molar-refractivity contribution is 9.10. The van der Waals surface area contributed by atoms with Gasteiger partial charge in [-0.3, -0.25) is 0 Å². The summed E-state index contributed by atoms with van der Waals surface area (Å²) in [5, 5.41) is 12.0. The van der Waals surface area contributed by atoms with Gasteiger partial charge in [0.2, 0.25) is 0 Å². The van der Waals surface area contributed by atoms with E-state index in [1.807, 2.05) is 37.3 Å². The van der Waals surface area contributed by atoms with Crippen LogP contribution < -0.4 is 5.32 Å². The van der Waals surface area contributed by atoms with Crippen LogP contribution in [0.4, 0.5) is 11.4 Å². The Labute approximate surface area is 108 Å². The van der Waals surface area contributed by atoms with E-state index in [4.69, 9.17) is 5.26 Å². The lowest BCUT2D eigenvalue weighted by Crippen LogP contribution is -1.94. The standard InChI is InChI=1S/C13H10BrN3/c1-9-6-10(14)2-3-13(9)17-11-4-5-16-12(7-11)8-15/h2-7H,1H3,(H,16,17). The van der Waals surface area contributed by atoms with Gasteiger partial charge in [0, 0.05) is 22.0 Å². The zero-order valence-corrected chi connectivity index (χ0v) is 10.8. The van der Waals surface area contributed by atoms with Crippen LogP contribution in [0.1, 0.15) is 11.3 Å². The molecule has 3 nitrogen and oxygen atoms in total. The molecule has 2 rings (SSSR count). The first-order valence-electron chi connectivity index (χ1n) is 5.08. The van der Waals surface area contributed by atoms with Gasteiger partial charge in [0.1, 0.15) is 11.8 Å². The van der Waals surface area contributed by atoms with E-state index in [1.54, 1.807) is 12.3 Å². The van der Waals surface area contributed by atoms with E-state index in [0.717, 1.165) is 21.4 Å². The Bertz CT molecular complexity index is 587. The molecule has 4 heteroatoms. The summed E-state index contributed by atoms with van der Waals surface area (Å²) >= 11 is 3.42. The summed E-state index contributed by atoms with van der Waals surface area (Å²) in [5.41, 5.74) is 3.42. The zero-order valence-electron chi connectivity index (χ0n) is 9.24. The summed E-state index contributed by atoms with van der Waals surface area (Å²) in [6, 6.07) is 11.6. The van der Waals surface area contributed by atoms with Crippen molar-refractivity contribution in [3.8, 4) is 6.07 Å². The molecule has 0 atom stereocenters. The fourth-order valence-electron chi connectivity index (χ4n) is 1.49. The van der Waals surface area contributed by atoms with Crippen molar-refractivity contribution in [3.05, 3.63) is 52.3 Å². The van der Waals surface area contributed by atoms with Gasteiger partial charge in [-0.25, -0.2) is 4.98 Å². The van der Waals surface area contributed by atoms with Crippen LogP contribution in [0.25, 0.3) is 0 Å². The van der Waals surface area contributed by atoms with Crippen LogP contribution in [0.5, 0.6) is 0 Å². The van der Waals surface area contributed by atoms with Crippen LogP contribution in [0.3, 0.4) is 0 Å². The van der Waals surface area contributed by atoms with E-state index in [1.165, 1.54) is 0 Å². The smallest absolute Gasteiger partial charge is 0.142 e. The van der Waals surface area contributed by atoms with Gasteiger partial charge in [-0.2, -0.15) is 5.26 Å². The van der Waals surface area contributed by atoms with Crippen molar-refractivity contribution in [1.29, 1.82) is 5.26 Å². The first kappa shape index (κ1) is 11.6. The van der Waals surface area contributed by atoms with Crippen LogP contribution in [-0.4, -0.2) is 4.98 Å². The second-order valence-corrected chi connectivity index (χ2v) is 4.54. The largest absolute Gasteiger partial charge is 0.355 e. The average Bonchev–Trinajstić information content (AvgIpc) is 2.33. The number of benzene rings is 1. The van der Waals surface area contributed by atoms with Crippen LogP contribution in [0.2, 0.25) is 0 Å². The summed E-state index contributed by atoms with van der Waals surface area (Å²) in [4.78, 5) is 3.93. The molecule has 1 N–H and O–H groups in total. The lowest BCUT2D eigenvalue weighted by atomic mass is 10.2. The van der Waals surface area contributed by atoms with E-state index in [9.17, 15) is 0 Å². The first-order valence-corrected chi connectivity index (χ1v) is 5.87. The Morgan fingerprint density at radius 1 is 1.29 bits per heavy atom. The van der Waals surface area contributed by atoms with Gasteiger partial charge in [-0.1, -0.05) is 15.9 Å². The van der Waals surface area contributed by atoms with E-state index >= 15 is 0 Å². The van der Waals surface area contributed by atoms with E-state index < -0.39 is 0 Å². The van der Waals surface area contributed by atoms with Crippen molar-refractivity contribution < 1.29 is 0 Å². The summed E-state index contributed by atoms with van der Waals surface area (Å²) < 4.78 is 1.05. The number of nitriles is 1. The molecule has 1 heterocycles. The summed E-state index contributed by atoms with van der Waals surface area (Å²) in [6.07, 6.45) is 1.62. The van der Waals surface area contributed by atoms with Gasteiger partial charge in [0.15, 0.2) is 0 Å². The molecule has 0 saturated heterocycles. The molecule has 17 heavy (non-hydrogen) atoms. The van der Waals surface area contributed by atoms with Crippen LogP contribution in [-0.2, 0) is 0 Å². The SMILES string of the molecule is Cc1cc(Br)ccc1Nc1ccnc(C#N)c1. The van der Waals surface area contributed by atoms with Crippen molar-refractivity contribution >= 4 is 27.3 Å². The van der Waals surface area contributed by atoms with Crippen molar-refractivity contribution in [1.82, 2.24) is 4.98 Å². The van der Waals surface area contributed by atoms with Gasteiger partial charge < -0.3 is 5.32 Å². The molecule has 0 amide bonds. The van der Waals surface area contributed by atoms with Crippen molar-refractivity contribution in [2.75, 3.05) is 5.32 Å². The van der Waals surface area contributed by atoms with E-state index in [2.05, 4.69) is 26.2 Å². The molecule has 0 bridgehead atoms. The van der Waals surface area contributed by atoms with Gasteiger partial charge >= 0.3 is 0 Å². The summed E-state index contributed by atoms with van der Waals surface area (Å²) in [7, 11) is 0. The quantitative estimate of drug-likeness (QED) is 0.915. The lowest BCUT2D eigenvalue weighted by molar-refractivity contribution is 1.26. The zero-order chi connectivity index (χ0) is 12.3. The molecule has 0 saturated carbocycles. The van der Waals surface area contributed by atoms with Crippen LogP contribution in [0, 0.1) is 18.3 Å². The van der Waals surface area contributed by atoms with Crippen molar-refractivity contribution in [3.63, 3.8) is 0 Å². The molecule has 0 fully saturated rings. The molecule has 0 aliphatic rings. The molecule has 2 aromatic rings. The number of anilines is 2. The van der Waals surface area contributed by atoms with Gasteiger partial charge in [0.25, 0.3) is 0 Å². The second-order valence-electron chi connectivity index (χ2n) is 3.63. The molecule has 0 aliphatic carbocycles. The highest BCUT2D eigenvalue weighted by atomic mass is 79.9. The number of rotatable bonds is 2. The van der Waals surface area contributed by atoms with Gasteiger partial charge in [-0.05, 0) is 42.8 Å². The van der Waals surface area contributed by atoms with E-state index in [-0.39, 0.29) is 0 Å². The molecule has 1 aromatic heterocycles. The predicted octanol–water partition coefficient (Wildman–Crippen LogP) is 3.77. The minimum Gasteiger partial charge on any atom is -0.355 e. The number of pyridine rings is 1. The number of nitrogens with zero attached hydrogens (tertiary/aromatic N) is 2. The number of hydrogen-bond acceptors (Lipinski definition) is 3. The molecule has 0 radical (unpaired) electrons. The normalized spacial score (nSPS) is 9.71. The van der Waals surface area contributed by atoms with Gasteiger partial charge in [-0.15, -0.1) is 0 Å². The maximum Gasteiger partial charge on any atom is 0.142 e. The number of aryl methyl sites for hydroxylation is 1. The summed E-state index contributed by atoms with van der Waals surface area (Å²) in [6.45, 7) is 2.03. The Kier molecular flexibility index (Phi) is 3.40. The summed E-state index contributed by atoms with van der Waals surface area (Å²) in [5.74, 6) is 0. The predicted molar refractivity (Wildman–Crippen MR) is 71.1 cm³/mol. The molecule has 84 valence electrons. The van der Waals surface area contributed by atoms with Crippen molar-refractivity contribution in [2.45, 2.75) is 6.92 Å². The third-order valence-electron chi connectivity index (χ3n) is 2.34. The van der Waals surface area contributed by atoms with E-state index in [0.29, 0.717) is 5.69 Å². The van der Waals surface area contributed by atoms with Gasteiger partial charge in [0.05, 0.1) is 0 Å². The topological polar surface area (TPSA) is 48.7 Å². The lowest BCUT2D eigenvalue weighted by Gasteiger charge is -2.09. The highest BCUT2D eigenvalue weighted by Gasteiger charge is 2.01. The Morgan fingerprint density at radius 2 is 2.12 bits per heavy atom. The van der Waals surface area contributed by atoms with Crippen molar-refractivity contribution in [2.24, 2.45) is 0 Å². The fourth-order valence-corrected chi connectivity index (χ4v) is 1.97. The maximum absolute atomic E-state index is 8.77. The van der Waals surface area contributed by atoms with Crippen LogP contribution in [0.15, 0.2) is 41.0 Å². The Hall–Kier alpha value is -1.86. The number of nitrogens with one attached hydrogen (secondary N) is 1. The first-order chi connectivity index (χ1) is 8.19. The maximum atomic E-state index is 8.77. The molecule has 0 aliphatic heterocycles. The fraction of sp³-hybridized carbons (Fsp3) is 0.0769. The average molecular weight is 288 g/mol. The third-order valence-corrected chi connectivity index (χ3v) is 2.84.